The van der Waals surface area contributed by atoms with E-state index in [0.717, 1.165) is 4.90 Å². The van der Waals surface area contributed by atoms with Crippen LogP contribution in [0.5, 0.6) is 0 Å². The highest BCUT2D eigenvalue weighted by Crippen LogP contribution is 2.53. The van der Waals surface area contributed by atoms with Crippen LogP contribution in [0.15, 0.2) is 30.4 Å². The number of hydrogen-bond acceptors (Lipinski definition) is 7. The number of aliphatic carboxylic acids is 1. The van der Waals surface area contributed by atoms with E-state index in [1.54, 1.807) is 39.8 Å². The fourth-order valence-corrected chi connectivity index (χ4v) is 5.99. The minimum Gasteiger partial charge on any atom is -0.481 e. The Hall–Kier alpha value is -4.30. The number of hydrogen-bond donors (Lipinski definition) is 3. The first-order chi connectivity index (χ1) is 22.3. The van der Waals surface area contributed by atoms with Gasteiger partial charge in [-0.05, 0) is 64.5 Å². The number of nitrogens with zero attached hydrogens (tertiary/aromatic N) is 2. The molecule has 2 fully saturated rings. The largest absolute Gasteiger partial charge is 0.481 e. The normalized spacial score (nSPS) is 24.3. The van der Waals surface area contributed by atoms with Gasteiger partial charge in [-0.3, -0.25) is 19.3 Å². The van der Waals surface area contributed by atoms with Gasteiger partial charge in [-0.1, -0.05) is 24.3 Å². The van der Waals surface area contributed by atoms with E-state index in [0.29, 0.717) is 17.5 Å². The highest BCUT2D eigenvalue weighted by atomic mass is 19.3. The first kappa shape index (κ1) is 36.5. The molecule has 0 spiro atoms. The van der Waals surface area contributed by atoms with E-state index in [-0.39, 0.29) is 38.4 Å². The van der Waals surface area contributed by atoms with Crippen LogP contribution in [0.2, 0.25) is 0 Å². The molecule has 4 N–H and O–H groups in total. The summed E-state index contributed by atoms with van der Waals surface area (Å²) in [5, 5.41) is 11.6. The van der Waals surface area contributed by atoms with Crippen molar-refractivity contribution in [2.24, 2.45) is 17.1 Å². The lowest BCUT2D eigenvalue weighted by molar-refractivity contribution is -0.143. The number of fused-ring (bicyclic) bond motifs is 1. The van der Waals surface area contributed by atoms with Crippen molar-refractivity contribution in [2.75, 3.05) is 6.54 Å². The van der Waals surface area contributed by atoms with Crippen molar-refractivity contribution < 1.29 is 51.7 Å². The minimum absolute atomic E-state index is 0.0242. The van der Waals surface area contributed by atoms with Gasteiger partial charge in [0.05, 0.1) is 18.5 Å². The second-order valence-corrected chi connectivity index (χ2v) is 14.0. The molecule has 0 radical (unpaired) electrons. The smallest absolute Gasteiger partial charge is 0.410 e. The fourth-order valence-electron chi connectivity index (χ4n) is 5.99. The molecule has 15 heteroatoms. The molecule has 4 rings (SSSR count). The summed E-state index contributed by atoms with van der Waals surface area (Å²) in [7, 11) is 0. The number of benzene rings is 1. The first-order valence-electron chi connectivity index (χ1n) is 15.9. The number of carboxylic acids is 1. The molecule has 2 heterocycles. The van der Waals surface area contributed by atoms with E-state index in [1.165, 1.54) is 23.1 Å². The molecule has 1 aromatic carbocycles. The minimum atomic E-state index is -3.25. The van der Waals surface area contributed by atoms with Gasteiger partial charge in [-0.25, -0.2) is 22.8 Å². The number of allylic oxidation sites excluding steroid dienone is 2. The molecule has 1 aromatic rings. The van der Waals surface area contributed by atoms with Crippen LogP contribution < -0.4 is 11.1 Å². The monoisotopic (exact) mass is 680 g/mol. The highest BCUT2D eigenvalue weighted by molar-refractivity contribution is 5.91. The third-order valence-electron chi connectivity index (χ3n) is 8.95. The number of rotatable bonds is 12. The summed E-state index contributed by atoms with van der Waals surface area (Å²) in [6.07, 6.45) is -1.32. The number of alkyl carbamates (subject to hydrolysis) is 1. The average molecular weight is 681 g/mol. The van der Waals surface area contributed by atoms with Gasteiger partial charge in [0.2, 0.25) is 17.7 Å². The summed E-state index contributed by atoms with van der Waals surface area (Å²) in [5.41, 5.74) is 4.71. The van der Waals surface area contributed by atoms with Crippen LogP contribution in [-0.4, -0.2) is 81.1 Å². The Morgan fingerprint density at radius 1 is 1.17 bits per heavy atom. The standard InChI is InChI=1S/C33H43F3N4O8/c1-31(2,3)48-29(45)38-24(11-13-33(35,36)12-6-5-9-20-15-32(20,4)28(43)44)27(42)40-17-21(14-25(40)26(37)41)47-30(46)39-16-19-8-7-10-23(34)22(19)18-39/h5,7-10,20-21,24-25H,6,11-18H2,1-4H3,(H2,37,41)(H,38,45)(H,43,44)/b9-5-/t20-,21-,24+,25+,32+/m1/s1. The number of carbonyl (C=O) groups excluding carboxylic acids is 4. The molecule has 0 unspecified atom stereocenters. The van der Waals surface area contributed by atoms with Crippen LogP contribution in [0.25, 0.3) is 0 Å². The Morgan fingerprint density at radius 3 is 2.48 bits per heavy atom. The molecule has 0 bridgehead atoms. The molecule has 0 aromatic heterocycles. The molecular weight excluding hydrogens is 637 g/mol. The van der Waals surface area contributed by atoms with Crippen molar-refractivity contribution in [3.63, 3.8) is 0 Å². The van der Waals surface area contributed by atoms with Crippen molar-refractivity contribution in [2.45, 2.75) is 109 Å². The lowest BCUT2D eigenvalue weighted by atomic mass is 10.0. The zero-order valence-corrected chi connectivity index (χ0v) is 27.5. The number of alkyl halides is 2. The number of likely N-dealkylation sites (tertiary alicyclic amines) is 1. The predicted molar refractivity (Wildman–Crippen MR) is 165 cm³/mol. The van der Waals surface area contributed by atoms with Crippen LogP contribution in [0, 0.1) is 17.2 Å². The molecule has 1 saturated carbocycles. The molecule has 4 amide bonds. The summed E-state index contributed by atoms with van der Waals surface area (Å²) >= 11 is 0. The maximum absolute atomic E-state index is 15.0. The van der Waals surface area contributed by atoms with E-state index in [2.05, 4.69) is 5.32 Å². The number of ether oxygens (including phenoxy) is 2. The van der Waals surface area contributed by atoms with E-state index in [9.17, 15) is 42.3 Å². The summed E-state index contributed by atoms with van der Waals surface area (Å²) in [5.74, 6) is -6.67. The third-order valence-corrected chi connectivity index (χ3v) is 8.95. The second-order valence-electron chi connectivity index (χ2n) is 14.0. The number of amides is 4. The van der Waals surface area contributed by atoms with Crippen LogP contribution >= 0.6 is 0 Å². The number of carboxylic acid groups (broad SMARTS) is 1. The molecule has 12 nitrogen and oxygen atoms in total. The van der Waals surface area contributed by atoms with Crippen molar-refractivity contribution in [1.82, 2.24) is 15.1 Å². The molecule has 264 valence electrons. The Kier molecular flexibility index (Phi) is 10.7. The Bertz CT molecular complexity index is 1460. The topological polar surface area (TPSA) is 169 Å². The van der Waals surface area contributed by atoms with Gasteiger partial charge < -0.3 is 30.5 Å². The SMILES string of the molecule is CC(C)(C)OC(=O)N[C@@H](CCC(F)(F)CC/C=C\[C@@H]1C[C@]1(C)C(=O)O)C(=O)N1C[C@H](OC(=O)N2Cc3cccc(F)c3C2)C[C@H]1C(N)=O. The lowest BCUT2D eigenvalue weighted by Gasteiger charge is -2.29. The number of primary amides is 1. The Morgan fingerprint density at radius 2 is 1.88 bits per heavy atom. The van der Waals surface area contributed by atoms with E-state index < -0.39 is 90.2 Å². The predicted octanol–water partition coefficient (Wildman–Crippen LogP) is 4.49. The maximum Gasteiger partial charge on any atom is 0.410 e. The lowest BCUT2D eigenvalue weighted by Crippen LogP contribution is -2.53. The molecule has 5 atom stereocenters. The fraction of sp³-hybridized carbons (Fsp3) is 0.606. The Labute approximate surface area is 276 Å². The quantitative estimate of drug-likeness (QED) is 0.272. The van der Waals surface area contributed by atoms with Crippen LogP contribution in [0.1, 0.15) is 77.3 Å². The summed E-state index contributed by atoms with van der Waals surface area (Å²) in [6, 6.07) is 1.72. The second kappa shape index (κ2) is 14.0. The van der Waals surface area contributed by atoms with Crippen LogP contribution in [0.4, 0.5) is 22.8 Å². The van der Waals surface area contributed by atoms with Gasteiger partial charge in [0.1, 0.15) is 29.6 Å². The molecule has 1 saturated heterocycles. The molecule has 48 heavy (non-hydrogen) atoms. The van der Waals surface area contributed by atoms with Gasteiger partial charge in [0.25, 0.3) is 0 Å². The molecular formula is C33H43F3N4O8. The van der Waals surface area contributed by atoms with E-state index in [4.69, 9.17) is 15.2 Å². The maximum atomic E-state index is 15.0. The van der Waals surface area contributed by atoms with Crippen molar-refractivity contribution in [1.29, 1.82) is 0 Å². The van der Waals surface area contributed by atoms with Gasteiger partial charge in [-0.15, -0.1) is 0 Å². The summed E-state index contributed by atoms with van der Waals surface area (Å²) in [4.78, 5) is 65.3. The molecule has 2 aliphatic heterocycles. The summed E-state index contributed by atoms with van der Waals surface area (Å²) < 4.78 is 54.9. The number of nitrogens with two attached hydrogens (primary N) is 1. The Balaban J connectivity index is 1.40. The third kappa shape index (κ3) is 8.98. The van der Waals surface area contributed by atoms with Gasteiger partial charge in [-0.2, -0.15) is 0 Å². The van der Waals surface area contributed by atoms with Gasteiger partial charge in [0.15, 0.2) is 0 Å². The van der Waals surface area contributed by atoms with E-state index >= 15 is 0 Å². The zero-order valence-electron chi connectivity index (χ0n) is 27.5. The van der Waals surface area contributed by atoms with Crippen molar-refractivity contribution in [3.8, 4) is 0 Å². The van der Waals surface area contributed by atoms with Crippen LogP contribution in [-0.2, 0) is 36.9 Å². The van der Waals surface area contributed by atoms with Gasteiger partial charge in [0, 0.05) is 31.4 Å². The number of halogens is 3. The van der Waals surface area contributed by atoms with Crippen molar-refractivity contribution >= 4 is 30.0 Å². The van der Waals surface area contributed by atoms with Crippen LogP contribution in [0.3, 0.4) is 0 Å². The highest BCUT2D eigenvalue weighted by Gasteiger charge is 2.55. The summed E-state index contributed by atoms with van der Waals surface area (Å²) in [6.45, 7) is 6.14. The molecule has 1 aliphatic carbocycles. The molecule has 3 aliphatic rings. The average Bonchev–Trinajstić information content (AvgIpc) is 3.29. The van der Waals surface area contributed by atoms with E-state index in [1.807, 2.05) is 0 Å². The number of nitrogens with one attached hydrogen (secondary N) is 1. The zero-order chi connectivity index (χ0) is 35.6. The first-order valence-corrected chi connectivity index (χ1v) is 15.9. The number of carbonyl (C=O) groups is 5. The van der Waals surface area contributed by atoms with Gasteiger partial charge >= 0.3 is 18.2 Å². The van der Waals surface area contributed by atoms with Crippen molar-refractivity contribution in [3.05, 3.63) is 47.3 Å².